The van der Waals surface area contributed by atoms with Crippen LogP contribution in [0, 0.1) is 5.92 Å². The molecule has 0 unspecified atom stereocenters. The van der Waals surface area contributed by atoms with Crippen molar-refractivity contribution in [1.82, 2.24) is 30.5 Å². The van der Waals surface area contributed by atoms with Crippen molar-refractivity contribution >= 4 is 16.8 Å². The van der Waals surface area contributed by atoms with Crippen molar-refractivity contribution in [3.63, 3.8) is 0 Å². The smallest absolute Gasteiger partial charge is 0.251 e. The molecule has 0 bridgehead atoms. The number of H-pyrrole nitrogens is 1. The van der Waals surface area contributed by atoms with Gasteiger partial charge >= 0.3 is 0 Å². The van der Waals surface area contributed by atoms with Crippen LogP contribution >= 0.6 is 0 Å². The number of hydrogen-bond acceptors (Lipinski definition) is 4. The highest BCUT2D eigenvalue weighted by molar-refractivity contribution is 5.94. The third-order valence-electron chi connectivity index (χ3n) is 4.85. The Balaban J connectivity index is 1.37. The van der Waals surface area contributed by atoms with Crippen LogP contribution in [0.15, 0.2) is 54.7 Å². The van der Waals surface area contributed by atoms with Crippen molar-refractivity contribution in [2.24, 2.45) is 5.92 Å². The van der Waals surface area contributed by atoms with Crippen molar-refractivity contribution in [1.29, 1.82) is 0 Å². The van der Waals surface area contributed by atoms with Crippen molar-refractivity contribution in [2.45, 2.75) is 12.8 Å². The van der Waals surface area contributed by atoms with Crippen molar-refractivity contribution in [2.75, 3.05) is 6.54 Å². The summed E-state index contributed by atoms with van der Waals surface area (Å²) in [6, 6.07) is 15.3. The molecule has 0 spiro atoms. The summed E-state index contributed by atoms with van der Waals surface area (Å²) in [5, 5.41) is 19.8. The molecule has 7 nitrogen and oxygen atoms in total. The second-order valence-electron chi connectivity index (χ2n) is 6.87. The lowest BCUT2D eigenvalue weighted by molar-refractivity contribution is 0.0952. The predicted octanol–water partition coefficient (Wildman–Crippen LogP) is 2.95. The monoisotopic (exact) mass is 358 g/mol. The van der Waals surface area contributed by atoms with Gasteiger partial charge in [0.1, 0.15) is 11.4 Å². The van der Waals surface area contributed by atoms with E-state index in [4.69, 9.17) is 0 Å². The van der Waals surface area contributed by atoms with Crippen LogP contribution in [0.1, 0.15) is 23.2 Å². The molecule has 2 N–H and O–H groups in total. The highest BCUT2D eigenvalue weighted by Gasteiger charge is 2.21. The lowest BCUT2D eigenvalue weighted by Crippen LogP contribution is -2.25. The minimum Gasteiger partial charge on any atom is -0.352 e. The second kappa shape index (κ2) is 6.35. The Labute approximate surface area is 155 Å². The first-order chi connectivity index (χ1) is 13.3. The third-order valence-corrected chi connectivity index (χ3v) is 4.85. The van der Waals surface area contributed by atoms with Gasteiger partial charge in [0.2, 0.25) is 0 Å². The summed E-state index contributed by atoms with van der Waals surface area (Å²) in [7, 11) is 0. The minimum absolute atomic E-state index is 0.0317. The molecule has 4 aromatic rings. The fourth-order valence-corrected chi connectivity index (χ4v) is 3.08. The number of hydrogen-bond donors (Lipinski definition) is 2. The maximum atomic E-state index is 12.2. The number of nitrogens with zero attached hydrogens (tertiary/aromatic N) is 4. The molecule has 27 heavy (non-hydrogen) atoms. The predicted molar refractivity (Wildman–Crippen MR) is 102 cm³/mol. The molecule has 0 aliphatic heterocycles. The molecule has 0 saturated heterocycles. The van der Waals surface area contributed by atoms with E-state index >= 15 is 0 Å². The van der Waals surface area contributed by atoms with Gasteiger partial charge in [0.25, 0.3) is 5.91 Å². The number of carbonyl (C=O) groups is 1. The van der Waals surface area contributed by atoms with Crippen molar-refractivity contribution in [3.8, 4) is 17.1 Å². The zero-order valence-corrected chi connectivity index (χ0v) is 14.6. The van der Waals surface area contributed by atoms with Crippen molar-refractivity contribution in [3.05, 3.63) is 60.3 Å². The zero-order valence-electron chi connectivity index (χ0n) is 14.6. The molecule has 1 amide bonds. The summed E-state index contributed by atoms with van der Waals surface area (Å²) in [5.41, 5.74) is 3.92. The Bertz CT molecular complexity index is 1110. The van der Waals surface area contributed by atoms with Crippen LogP contribution in [0.3, 0.4) is 0 Å². The SMILES string of the molecule is O=C(NCC1CC1)c1ccc(-n2cc(-c3n[nH]c4ccccc34)nn2)cc1. The van der Waals surface area contributed by atoms with Crippen LogP contribution in [-0.2, 0) is 0 Å². The van der Waals surface area contributed by atoms with E-state index in [0.29, 0.717) is 17.2 Å². The fourth-order valence-electron chi connectivity index (χ4n) is 3.08. The highest BCUT2D eigenvalue weighted by Crippen LogP contribution is 2.27. The molecular formula is C20H18N6O. The molecule has 2 heterocycles. The number of aromatic amines is 1. The fraction of sp³-hybridized carbons (Fsp3) is 0.200. The van der Waals surface area contributed by atoms with Crippen LogP contribution in [0.4, 0.5) is 0 Å². The van der Waals surface area contributed by atoms with E-state index in [9.17, 15) is 4.79 Å². The largest absolute Gasteiger partial charge is 0.352 e. The number of nitrogens with one attached hydrogen (secondary N) is 2. The molecule has 7 heteroatoms. The summed E-state index contributed by atoms with van der Waals surface area (Å²) in [4.78, 5) is 12.2. The van der Waals surface area contributed by atoms with Gasteiger partial charge in [0.15, 0.2) is 0 Å². The van der Waals surface area contributed by atoms with Gasteiger partial charge in [0.05, 0.1) is 17.4 Å². The first-order valence-corrected chi connectivity index (χ1v) is 9.02. The minimum atomic E-state index is -0.0317. The number of benzene rings is 2. The topological polar surface area (TPSA) is 88.5 Å². The van der Waals surface area contributed by atoms with Gasteiger partial charge in [0, 0.05) is 17.5 Å². The van der Waals surface area contributed by atoms with E-state index < -0.39 is 0 Å². The molecule has 2 aromatic heterocycles. The second-order valence-corrected chi connectivity index (χ2v) is 6.87. The van der Waals surface area contributed by atoms with E-state index in [0.717, 1.165) is 28.8 Å². The van der Waals surface area contributed by atoms with Gasteiger partial charge in [-0.1, -0.05) is 23.4 Å². The Kier molecular flexibility index (Phi) is 3.71. The third kappa shape index (κ3) is 3.08. The standard InChI is InChI=1S/C20H18N6O/c27-20(21-11-13-5-6-13)14-7-9-15(10-8-14)26-12-18(23-25-26)19-16-3-1-2-4-17(16)22-24-19/h1-4,7-10,12-13H,5-6,11H2,(H,21,27)(H,22,24). The number of fused-ring (bicyclic) bond motifs is 1. The highest BCUT2D eigenvalue weighted by atomic mass is 16.1. The quantitative estimate of drug-likeness (QED) is 0.574. The van der Waals surface area contributed by atoms with Gasteiger partial charge in [-0.05, 0) is 49.1 Å². The number of para-hydroxylation sites is 1. The normalized spacial score (nSPS) is 13.8. The number of rotatable bonds is 5. The van der Waals surface area contributed by atoms with Crippen LogP contribution in [0.25, 0.3) is 28.0 Å². The van der Waals surface area contributed by atoms with Gasteiger partial charge < -0.3 is 5.32 Å². The summed E-state index contributed by atoms with van der Waals surface area (Å²) >= 11 is 0. The number of carbonyl (C=O) groups excluding carboxylic acids is 1. The summed E-state index contributed by atoms with van der Waals surface area (Å²) in [6.07, 6.45) is 4.28. The molecule has 0 atom stereocenters. The van der Waals surface area contributed by atoms with Crippen LogP contribution in [0.5, 0.6) is 0 Å². The molecule has 1 aliphatic carbocycles. The molecule has 1 fully saturated rings. The average Bonchev–Trinajstić information content (AvgIpc) is 3.24. The van der Waals surface area contributed by atoms with Gasteiger partial charge in [-0.3, -0.25) is 9.89 Å². The molecular weight excluding hydrogens is 340 g/mol. The van der Waals surface area contributed by atoms with E-state index in [1.807, 2.05) is 54.7 Å². The summed E-state index contributed by atoms with van der Waals surface area (Å²) < 4.78 is 1.69. The van der Waals surface area contributed by atoms with E-state index in [1.165, 1.54) is 12.8 Å². The average molecular weight is 358 g/mol. The molecule has 2 aromatic carbocycles. The summed E-state index contributed by atoms with van der Waals surface area (Å²) in [6.45, 7) is 0.768. The summed E-state index contributed by atoms with van der Waals surface area (Å²) in [5.74, 6) is 0.635. The molecule has 134 valence electrons. The van der Waals surface area contributed by atoms with E-state index in [1.54, 1.807) is 4.68 Å². The van der Waals surface area contributed by atoms with Gasteiger partial charge in [-0.15, -0.1) is 5.10 Å². The Morgan fingerprint density at radius 3 is 2.78 bits per heavy atom. The maximum absolute atomic E-state index is 12.2. The molecule has 5 rings (SSSR count). The Morgan fingerprint density at radius 2 is 1.96 bits per heavy atom. The Morgan fingerprint density at radius 1 is 1.15 bits per heavy atom. The van der Waals surface area contributed by atoms with Gasteiger partial charge in [-0.2, -0.15) is 5.10 Å². The lowest BCUT2D eigenvalue weighted by atomic mass is 10.2. The number of aromatic nitrogens is 5. The van der Waals surface area contributed by atoms with E-state index in [-0.39, 0.29) is 5.91 Å². The van der Waals surface area contributed by atoms with Gasteiger partial charge in [-0.25, -0.2) is 4.68 Å². The first kappa shape index (κ1) is 15.7. The first-order valence-electron chi connectivity index (χ1n) is 9.02. The Hall–Kier alpha value is -3.48. The van der Waals surface area contributed by atoms with Crippen LogP contribution in [-0.4, -0.2) is 37.6 Å². The van der Waals surface area contributed by atoms with E-state index in [2.05, 4.69) is 25.8 Å². The van der Waals surface area contributed by atoms with Crippen LogP contribution in [0.2, 0.25) is 0 Å². The lowest BCUT2D eigenvalue weighted by Gasteiger charge is -2.05. The maximum Gasteiger partial charge on any atom is 0.251 e. The molecule has 1 aliphatic rings. The zero-order chi connectivity index (χ0) is 18.2. The number of amides is 1. The van der Waals surface area contributed by atoms with Crippen molar-refractivity contribution < 1.29 is 4.79 Å². The van der Waals surface area contributed by atoms with Crippen LogP contribution < -0.4 is 5.32 Å². The molecule has 0 radical (unpaired) electrons. The molecule has 1 saturated carbocycles.